The summed E-state index contributed by atoms with van der Waals surface area (Å²) >= 11 is 4.78. The second-order valence-electron chi connectivity index (χ2n) is 3.47. The van der Waals surface area contributed by atoms with Gasteiger partial charge < -0.3 is 10.4 Å². The molecule has 0 aliphatic heterocycles. The molecule has 0 aliphatic rings. The second kappa shape index (κ2) is 5.65. The Bertz CT molecular complexity index is 389. The fraction of sp³-hybridized carbons (Fsp3) is 0.400. The van der Waals surface area contributed by atoms with Crippen LogP contribution >= 0.6 is 27.7 Å². The molecule has 1 unspecified atom stereocenters. The van der Waals surface area contributed by atoms with Gasteiger partial charge in [-0.15, -0.1) is 11.8 Å². The molecule has 0 bridgehead atoms. The molecule has 2 N–H and O–H groups in total. The van der Waals surface area contributed by atoms with Gasteiger partial charge in [0.2, 0.25) is 0 Å². The minimum atomic E-state index is -0.943. The lowest BCUT2D eigenvalue weighted by atomic mass is 10.1. The second-order valence-corrected chi connectivity index (χ2v) is 5.28. The van der Waals surface area contributed by atoms with Crippen molar-refractivity contribution in [2.75, 3.05) is 12.8 Å². The highest BCUT2D eigenvalue weighted by Gasteiger charge is 2.31. The lowest BCUT2D eigenvalue weighted by molar-refractivity contribution is -0.142. The maximum Gasteiger partial charge on any atom is 0.324 e. The smallest absolute Gasteiger partial charge is 0.324 e. The van der Waals surface area contributed by atoms with Crippen molar-refractivity contribution in [3.8, 4) is 0 Å². The molecule has 16 heavy (non-hydrogen) atoms. The van der Waals surface area contributed by atoms with Crippen LogP contribution in [0.5, 0.6) is 0 Å². The number of aromatic nitrogens is 1. The number of rotatable bonds is 5. The van der Waals surface area contributed by atoms with Crippen molar-refractivity contribution >= 4 is 33.7 Å². The number of carboxylic acid groups (broad SMARTS) is 1. The van der Waals surface area contributed by atoms with Crippen LogP contribution in [0.4, 0.5) is 0 Å². The van der Waals surface area contributed by atoms with E-state index in [0.717, 1.165) is 9.50 Å². The summed E-state index contributed by atoms with van der Waals surface area (Å²) in [5.41, 5.74) is -0.943. The van der Waals surface area contributed by atoms with Crippen molar-refractivity contribution in [3.63, 3.8) is 0 Å². The molecular formula is C10H13BrN2O2S. The lowest BCUT2D eigenvalue weighted by Gasteiger charge is -2.23. The zero-order valence-electron chi connectivity index (χ0n) is 9.03. The fourth-order valence-corrected chi connectivity index (χ4v) is 2.56. The Labute approximate surface area is 107 Å². The van der Waals surface area contributed by atoms with E-state index in [4.69, 9.17) is 5.11 Å². The molecular weight excluding hydrogens is 292 g/mol. The summed E-state index contributed by atoms with van der Waals surface area (Å²) in [6.45, 7) is 1.65. The number of carbonyl (C=O) groups is 1. The van der Waals surface area contributed by atoms with Gasteiger partial charge in [0.25, 0.3) is 0 Å². The summed E-state index contributed by atoms with van der Waals surface area (Å²) in [6.07, 6.45) is 1.69. The highest BCUT2D eigenvalue weighted by molar-refractivity contribution is 9.10. The van der Waals surface area contributed by atoms with Crippen LogP contribution < -0.4 is 5.32 Å². The van der Waals surface area contributed by atoms with Gasteiger partial charge in [-0.2, -0.15) is 0 Å². The molecule has 0 saturated heterocycles. The van der Waals surface area contributed by atoms with E-state index in [0.29, 0.717) is 5.75 Å². The summed E-state index contributed by atoms with van der Waals surface area (Å²) in [6, 6.07) is 3.70. The molecule has 88 valence electrons. The number of hydrogen-bond donors (Lipinski definition) is 2. The molecule has 0 aliphatic carbocycles. The number of nitrogens with zero attached hydrogens (tertiary/aromatic N) is 1. The number of halogens is 1. The van der Waals surface area contributed by atoms with E-state index < -0.39 is 11.5 Å². The molecule has 6 heteroatoms. The first-order valence-electron chi connectivity index (χ1n) is 4.65. The molecule has 0 aromatic carbocycles. The topological polar surface area (TPSA) is 62.2 Å². The predicted molar refractivity (Wildman–Crippen MR) is 67.8 cm³/mol. The molecule has 4 nitrogen and oxygen atoms in total. The van der Waals surface area contributed by atoms with Crippen LogP contribution in [0, 0.1) is 0 Å². The summed E-state index contributed by atoms with van der Waals surface area (Å²) in [4.78, 5) is 15.2. The summed E-state index contributed by atoms with van der Waals surface area (Å²) in [5.74, 6) is -0.455. The normalized spacial score (nSPS) is 14.4. The summed E-state index contributed by atoms with van der Waals surface area (Å²) in [5, 5.41) is 12.7. The molecule has 0 fully saturated rings. The van der Waals surface area contributed by atoms with Gasteiger partial charge in [0.05, 0.1) is 0 Å². The first-order chi connectivity index (χ1) is 7.49. The van der Waals surface area contributed by atoms with Crippen LogP contribution in [0.25, 0.3) is 0 Å². The number of carboxylic acids is 1. The highest BCUT2D eigenvalue weighted by atomic mass is 79.9. The Morgan fingerprint density at radius 2 is 2.44 bits per heavy atom. The van der Waals surface area contributed by atoms with Gasteiger partial charge in [-0.1, -0.05) is 0 Å². The van der Waals surface area contributed by atoms with Gasteiger partial charge in [-0.05, 0) is 42.0 Å². The number of thioether (sulfide) groups is 1. The standard InChI is InChI=1S/C10H13BrN2O2S/c1-10(12-2,9(14)15)6-16-8-7(11)4-3-5-13-8/h3-5,12H,6H2,1-2H3,(H,14,15). The molecule has 0 amide bonds. The fourth-order valence-electron chi connectivity index (χ4n) is 0.931. The number of pyridine rings is 1. The van der Waals surface area contributed by atoms with Crippen LogP contribution in [0.1, 0.15) is 6.92 Å². The molecule has 1 heterocycles. The van der Waals surface area contributed by atoms with Crippen LogP contribution in [-0.2, 0) is 4.79 Å². The van der Waals surface area contributed by atoms with E-state index in [9.17, 15) is 4.79 Å². The van der Waals surface area contributed by atoms with E-state index >= 15 is 0 Å². The van der Waals surface area contributed by atoms with Gasteiger partial charge in [-0.25, -0.2) is 4.98 Å². The van der Waals surface area contributed by atoms with Crippen molar-refractivity contribution in [1.29, 1.82) is 0 Å². The van der Waals surface area contributed by atoms with E-state index in [2.05, 4.69) is 26.2 Å². The van der Waals surface area contributed by atoms with Crippen LogP contribution in [0.2, 0.25) is 0 Å². The maximum absolute atomic E-state index is 11.1. The maximum atomic E-state index is 11.1. The third-order valence-electron chi connectivity index (χ3n) is 2.25. The average Bonchev–Trinajstić information content (AvgIpc) is 2.27. The SMILES string of the molecule is CNC(C)(CSc1ncccc1Br)C(=O)O. The van der Waals surface area contributed by atoms with Crippen LogP contribution in [0.3, 0.4) is 0 Å². The Kier molecular flexibility index (Phi) is 4.76. The van der Waals surface area contributed by atoms with Gasteiger partial charge in [0.15, 0.2) is 0 Å². The third-order valence-corrected chi connectivity index (χ3v) is 4.47. The highest BCUT2D eigenvalue weighted by Crippen LogP contribution is 2.27. The van der Waals surface area contributed by atoms with E-state index in [-0.39, 0.29) is 0 Å². The van der Waals surface area contributed by atoms with Crippen LogP contribution in [0.15, 0.2) is 27.8 Å². The van der Waals surface area contributed by atoms with E-state index in [1.54, 1.807) is 20.2 Å². The van der Waals surface area contributed by atoms with Crippen LogP contribution in [-0.4, -0.2) is 34.4 Å². The van der Waals surface area contributed by atoms with Crippen molar-refractivity contribution in [1.82, 2.24) is 10.3 Å². The Morgan fingerprint density at radius 3 is 2.94 bits per heavy atom. The molecule has 0 radical (unpaired) electrons. The van der Waals surface area contributed by atoms with E-state index in [1.165, 1.54) is 11.8 Å². The van der Waals surface area contributed by atoms with Gasteiger partial charge in [0.1, 0.15) is 10.6 Å². The predicted octanol–water partition coefficient (Wildman–Crippen LogP) is 2.00. The Morgan fingerprint density at radius 1 is 1.75 bits per heavy atom. The molecule has 1 aromatic heterocycles. The minimum Gasteiger partial charge on any atom is -0.480 e. The monoisotopic (exact) mass is 304 g/mol. The number of aliphatic carboxylic acids is 1. The molecule has 1 aromatic rings. The average molecular weight is 305 g/mol. The van der Waals surface area contributed by atoms with Crippen molar-refractivity contribution < 1.29 is 9.90 Å². The quantitative estimate of drug-likeness (QED) is 0.815. The lowest BCUT2D eigenvalue weighted by Crippen LogP contribution is -2.49. The van der Waals surface area contributed by atoms with Crippen molar-refractivity contribution in [2.24, 2.45) is 0 Å². The number of nitrogens with one attached hydrogen (secondary N) is 1. The summed E-state index contributed by atoms with van der Waals surface area (Å²) < 4.78 is 0.879. The number of hydrogen-bond acceptors (Lipinski definition) is 4. The molecule has 0 spiro atoms. The molecule has 1 rings (SSSR count). The minimum absolute atomic E-state index is 0.411. The first-order valence-corrected chi connectivity index (χ1v) is 6.43. The third kappa shape index (κ3) is 3.20. The van der Waals surface area contributed by atoms with Gasteiger partial charge >= 0.3 is 5.97 Å². The Balaban J connectivity index is 2.71. The summed E-state index contributed by atoms with van der Waals surface area (Å²) in [7, 11) is 1.64. The van der Waals surface area contributed by atoms with Gasteiger partial charge in [0, 0.05) is 16.4 Å². The zero-order valence-corrected chi connectivity index (χ0v) is 11.4. The van der Waals surface area contributed by atoms with Crippen molar-refractivity contribution in [3.05, 3.63) is 22.8 Å². The largest absolute Gasteiger partial charge is 0.480 e. The first kappa shape index (κ1) is 13.5. The van der Waals surface area contributed by atoms with Crippen molar-refractivity contribution in [2.45, 2.75) is 17.5 Å². The molecule has 0 saturated carbocycles. The van der Waals surface area contributed by atoms with E-state index in [1.807, 2.05) is 12.1 Å². The molecule has 1 atom stereocenters. The Hall–Kier alpha value is -0.590. The van der Waals surface area contributed by atoms with Gasteiger partial charge in [-0.3, -0.25) is 4.79 Å². The zero-order chi connectivity index (χ0) is 12.2. The number of likely N-dealkylation sites (N-methyl/N-ethyl adjacent to an activating group) is 1.